The van der Waals surface area contributed by atoms with E-state index in [4.69, 9.17) is 4.74 Å². The Labute approximate surface area is 86.0 Å². The van der Waals surface area contributed by atoms with Crippen LogP contribution in [0.15, 0.2) is 18.5 Å². The van der Waals surface area contributed by atoms with Crippen LogP contribution in [0.3, 0.4) is 0 Å². The minimum Gasteiger partial charge on any atom is -0.479 e. The SMILES string of the molecule is COc1nccnc1/C=C/CCBr. The van der Waals surface area contributed by atoms with Gasteiger partial charge in [0.15, 0.2) is 0 Å². The molecule has 1 aromatic rings. The molecule has 0 aliphatic rings. The van der Waals surface area contributed by atoms with Crippen LogP contribution in [0.25, 0.3) is 6.08 Å². The predicted octanol–water partition coefficient (Wildman–Crippen LogP) is 2.28. The lowest BCUT2D eigenvalue weighted by Crippen LogP contribution is -1.92. The fourth-order valence-electron chi connectivity index (χ4n) is 0.866. The standard InChI is InChI=1S/C9H11BrN2O/c1-13-9-8(4-2-3-5-10)11-6-7-12-9/h2,4,6-7H,3,5H2,1H3/b4-2+. The second-order valence-electron chi connectivity index (χ2n) is 2.33. The van der Waals surface area contributed by atoms with Gasteiger partial charge in [-0.25, -0.2) is 9.97 Å². The van der Waals surface area contributed by atoms with Crippen LogP contribution < -0.4 is 4.74 Å². The highest BCUT2D eigenvalue weighted by molar-refractivity contribution is 9.09. The molecule has 0 saturated heterocycles. The third-order valence-electron chi connectivity index (χ3n) is 1.44. The molecule has 0 aliphatic heterocycles. The van der Waals surface area contributed by atoms with Gasteiger partial charge in [-0.3, -0.25) is 0 Å². The van der Waals surface area contributed by atoms with Crippen molar-refractivity contribution in [3.05, 3.63) is 24.2 Å². The molecule has 0 amide bonds. The zero-order valence-corrected chi connectivity index (χ0v) is 8.99. The summed E-state index contributed by atoms with van der Waals surface area (Å²) in [5, 5.41) is 0.950. The highest BCUT2D eigenvalue weighted by atomic mass is 79.9. The maximum absolute atomic E-state index is 5.04. The zero-order chi connectivity index (χ0) is 9.52. The van der Waals surface area contributed by atoms with Gasteiger partial charge in [0.2, 0.25) is 5.88 Å². The maximum Gasteiger partial charge on any atom is 0.239 e. The van der Waals surface area contributed by atoms with E-state index in [0.717, 1.165) is 17.4 Å². The first-order chi connectivity index (χ1) is 6.38. The van der Waals surface area contributed by atoms with Crippen LogP contribution in [-0.2, 0) is 0 Å². The Bertz CT molecular complexity index is 289. The topological polar surface area (TPSA) is 35.0 Å². The molecule has 0 radical (unpaired) electrons. The van der Waals surface area contributed by atoms with E-state index in [1.165, 1.54) is 0 Å². The number of aromatic nitrogens is 2. The predicted molar refractivity (Wildman–Crippen MR) is 56.0 cm³/mol. The van der Waals surface area contributed by atoms with Gasteiger partial charge in [-0.15, -0.1) is 0 Å². The van der Waals surface area contributed by atoms with Crippen molar-refractivity contribution >= 4 is 22.0 Å². The number of nitrogens with zero attached hydrogens (tertiary/aromatic N) is 2. The average molecular weight is 243 g/mol. The van der Waals surface area contributed by atoms with E-state index in [1.54, 1.807) is 19.5 Å². The lowest BCUT2D eigenvalue weighted by Gasteiger charge is -2.00. The van der Waals surface area contributed by atoms with Gasteiger partial charge < -0.3 is 4.74 Å². The minimum absolute atomic E-state index is 0.563. The third kappa shape index (κ3) is 3.14. The van der Waals surface area contributed by atoms with Crippen LogP contribution in [0, 0.1) is 0 Å². The lowest BCUT2D eigenvalue weighted by molar-refractivity contribution is 0.394. The minimum atomic E-state index is 0.563. The summed E-state index contributed by atoms with van der Waals surface area (Å²) in [6.45, 7) is 0. The summed E-state index contributed by atoms with van der Waals surface area (Å²) in [7, 11) is 1.59. The molecule has 3 nitrogen and oxygen atoms in total. The molecule has 0 N–H and O–H groups in total. The van der Waals surface area contributed by atoms with Crippen LogP contribution in [0.2, 0.25) is 0 Å². The Balaban J connectivity index is 2.74. The first-order valence-electron chi connectivity index (χ1n) is 3.96. The molecule has 0 spiro atoms. The number of hydrogen-bond acceptors (Lipinski definition) is 3. The van der Waals surface area contributed by atoms with Gasteiger partial charge in [-0.05, 0) is 12.5 Å². The highest BCUT2D eigenvalue weighted by Crippen LogP contribution is 2.12. The highest BCUT2D eigenvalue weighted by Gasteiger charge is 1.98. The first kappa shape index (κ1) is 10.2. The van der Waals surface area contributed by atoms with E-state index in [2.05, 4.69) is 25.9 Å². The number of rotatable bonds is 4. The van der Waals surface area contributed by atoms with Crippen molar-refractivity contribution in [3.8, 4) is 5.88 Å². The molecule has 0 unspecified atom stereocenters. The van der Waals surface area contributed by atoms with Gasteiger partial charge in [0, 0.05) is 17.7 Å². The van der Waals surface area contributed by atoms with Gasteiger partial charge in [0.25, 0.3) is 0 Å². The largest absolute Gasteiger partial charge is 0.479 e. The maximum atomic E-state index is 5.04. The molecule has 13 heavy (non-hydrogen) atoms. The zero-order valence-electron chi connectivity index (χ0n) is 7.40. The van der Waals surface area contributed by atoms with E-state index < -0.39 is 0 Å². The molecule has 0 fully saturated rings. The fourth-order valence-corrected chi connectivity index (χ4v) is 1.13. The second kappa shape index (κ2) is 5.70. The van der Waals surface area contributed by atoms with Gasteiger partial charge in [-0.1, -0.05) is 22.0 Å². The molecule has 0 atom stereocenters. The average Bonchev–Trinajstić information content (AvgIpc) is 2.19. The Morgan fingerprint density at radius 1 is 1.46 bits per heavy atom. The van der Waals surface area contributed by atoms with Gasteiger partial charge in [0.05, 0.1) is 7.11 Å². The molecular formula is C9H11BrN2O. The lowest BCUT2D eigenvalue weighted by atomic mass is 10.3. The summed E-state index contributed by atoms with van der Waals surface area (Å²) in [6, 6.07) is 0. The molecule has 1 heterocycles. The summed E-state index contributed by atoms with van der Waals surface area (Å²) in [4.78, 5) is 8.16. The summed E-state index contributed by atoms with van der Waals surface area (Å²) in [5.41, 5.74) is 0.769. The fraction of sp³-hybridized carbons (Fsp3) is 0.333. The van der Waals surface area contributed by atoms with Crippen molar-refractivity contribution in [1.29, 1.82) is 0 Å². The van der Waals surface area contributed by atoms with Crippen LogP contribution in [0.5, 0.6) is 5.88 Å². The van der Waals surface area contributed by atoms with Crippen molar-refractivity contribution in [2.45, 2.75) is 6.42 Å². The molecule has 0 aliphatic carbocycles. The molecule has 0 aromatic carbocycles. The molecule has 0 bridgehead atoms. The molecule has 1 rings (SSSR count). The van der Waals surface area contributed by atoms with Crippen LogP contribution in [0.1, 0.15) is 12.1 Å². The monoisotopic (exact) mass is 242 g/mol. The Morgan fingerprint density at radius 3 is 2.92 bits per heavy atom. The Hall–Kier alpha value is -0.900. The smallest absolute Gasteiger partial charge is 0.239 e. The third-order valence-corrected chi connectivity index (χ3v) is 1.89. The van der Waals surface area contributed by atoms with E-state index in [9.17, 15) is 0 Å². The van der Waals surface area contributed by atoms with Crippen molar-refractivity contribution in [3.63, 3.8) is 0 Å². The molecule has 70 valence electrons. The van der Waals surface area contributed by atoms with Crippen molar-refractivity contribution in [2.75, 3.05) is 12.4 Å². The number of halogens is 1. The van der Waals surface area contributed by atoms with E-state index in [-0.39, 0.29) is 0 Å². The summed E-state index contributed by atoms with van der Waals surface area (Å²) in [5.74, 6) is 0.563. The van der Waals surface area contributed by atoms with Crippen molar-refractivity contribution < 1.29 is 4.74 Å². The van der Waals surface area contributed by atoms with Crippen LogP contribution in [-0.4, -0.2) is 22.4 Å². The van der Waals surface area contributed by atoms with Crippen molar-refractivity contribution in [1.82, 2.24) is 9.97 Å². The van der Waals surface area contributed by atoms with E-state index >= 15 is 0 Å². The Kier molecular flexibility index (Phi) is 4.46. The molecule has 1 aromatic heterocycles. The number of allylic oxidation sites excluding steroid dienone is 1. The van der Waals surface area contributed by atoms with Gasteiger partial charge in [-0.2, -0.15) is 0 Å². The normalized spacial score (nSPS) is 10.6. The molecular weight excluding hydrogens is 232 g/mol. The van der Waals surface area contributed by atoms with Gasteiger partial charge in [0.1, 0.15) is 5.69 Å². The summed E-state index contributed by atoms with van der Waals surface area (Å²) < 4.78 is 5.04. The van der Waals surface area contributed by atoms with Crippen molar-refractivity contribution in [2.24, 2.45) is 0 Å². The second-order valence-corrected chi connectivity index (χ2v) is 3.12. The summed E-state index contributed by atoms with van der Waals surface area (Å²) >= 11 is 3.34. The Morgan fingerprint density at radius 2 is 2.23 bits per heavy atom. The first-order valence-corrected chi connectivity index (χ1v) is 5.08. The van der Waals surface area contributed by atoms with Crippen LogP contribution in [0.4, 0.5) is 0 Å². The number of hydrogen-bond donors (Lipinski definition) is 0. The van der Waals surface area contributed by atoms with Crippen LogP contribution >= 0.6 is 15.9 Å². The quantitative estimate of drug-likeness (QED) is 0.761. The molecule has 0 saturated carbocycles. The summed E-state index contributed by atoms with van der Waals surface area (Å²) in [6.07, 6.45) is 8.17. The number of alkyl halides is 1. The van der Waals surface area contributed by atoms with Gasteiger partial charge >= 0.3 is 0 Å². The van der Waals surface area contributed by atoms with E-state index in [1.807, 2.05) is 12.2 Å². The number of methoxy groups -OCH3 is 1. The van der Waals surface area contributed by atoms with E-state index in [0.29, 0.717) is 5.88 Å². The molecule has 4 heteroatoms. The number of ether oxygens (including phenoxy) is 1.